The highest BCUT2D eigenvalue weighted by atomic mass is 19.4. The van der Waals surface area contributed by atoms with Gasteiger partial charge < -0.3 is 9.80 Å². The van der Waals surface area contributed by atoms with Crippen molar-refractivity contribution in [1.29, 1.82) is 0 Å². The van der Waals surface area contributed by atoms with Gasteiger partial charge in [0.25, 0.3) is 11.6 Å². The van der Waals surface area contributed by atoms with E-state index in [0.717, 1.165) is 31.7 Å². The number of halogens is 4. The molecule has 1 aromatic heterocycles. The molecular weight excluding hydrogens is 596 g/mol. The zero-order valence-corrected chi connectivity index (χ0v) is 24.8. The minimum absolute atomic E-state index is 0.00752. The molecule has 1 aliphatic carbocycles. The van der Waals surface area contributed by atoms with Gasteiger partial charge in [0.15, 0.2) is 0 Å². The summed E-state index contributed by atoms with van der Waals surface area (Å²) in [7, 11) is 0. The molecule has 0 bridgehead atoms. The summed E-state index contributed by atoms with van der Waals surface area (Å²) in [5.41, 5.74) is 0.785. The van der Waals surface area contributed by atoms with E-state index in [-0.39, 0.29) is 59.8 Å². The number of piperazine rings is 1. The van der Waals surface area contributed by atoms with Crippen molar-refractivity contribution >= 4 is 17.8 Å². The lowest BCUT2D eigenvalue weighted by atomic mass is 9.79. The zero-order valence-electron chi connectivity index (χ0n) is 24.8. The first-order chi connectivity index (χ1) is 21.3. The van der Waals surface area contributed by atoms with E-state index in [4.69, 9.17) is 0 Å². The molecule has 13 heteroatoms. The molecule has 2 fully saturated rings. The second-order valence-electron chi connectivity index (χ2n) is 11.5. The van der Waals surface area contributed by atoms with Crippen LogP contribution >= 0.6 is 0 Å². The quantitative estimate of drug-likeness (QED) is 0.332. The summed E-state index contributed by atoms with van der Waals surface area (Å²) in [6.45, 7) is 3.21. The molecule has 1 N–H and O–H groups in total. The number of nitrogens with one attached hydrogen (secondary N) is 1. The van der Waals surface area contributed by atoms with Gasteiger partial charge in [0.05, 0.1) is 12.0 Å². The molecule has 0 unspecified atom stereocenters. The number of carbonyl (C=O) groups excluding carboxylic acids is 3. The van der Waals surface area contributed by atoms with Crippen LogP contribution < -0.4 is 15.2 Å². The van der Waals surface area contributed by atoms with E-state index >= 15 is 4.39 Å². The number of benzene rings is 2. The number of H-pyrrole nitrogens is 1. The van der Waals surface area contributed by atoms with Crippen LogP contribution in [0.15, 0.2) is 53.3 Å². The number of rotatable bonds is 6. The van der Waals surface area contributed by atoms with Crippen LogP contribution in [0, 0.1) is 19.7 Å². The summed E-state index contributed by atoms with van der Waals surface area (Å²) in [6.07, 6.45) is -1.65. The number of aromatic nitrogens is 2. The molecule has 5 rings (SSSR count). The standard InChI is InChI=1S/C32H32F4N4O5/c1-19-20(2)29(42)37-40(45-31(44)32(34,35)36)27(19)17-21-12-13-25(33)24(16-21)30(43)38-14-15-39(28(41)18-38)26-11-7-6-10-23(26)22-8-4-3-5-9-22/h3-5,8-9,12-13,16,23,26H,6-7,10-11,14-15,17-18H2,1-2H3/p+1/t23-,26+/m0/s1. The first-order valence-electron chi connectivity index (χ1n) is 14.7. The van der Waals surface area contributed by atoms with Crippen molar-refractivity contribution in [3.63, 3.8) is 0 Å². The van der Waals surface area contributed by atoms with Gasteiger partial charge in [-0.25, -0.2) is 9.18 Å². The maximum absolute atomic E-state index is 15.0. The first kappa shape index (κ1) is 31.9. The number of aromatic amines is 1. The highest BCUT2D eigenvalue weighted by Crippen LogP contribution is 2.37. The molecular formula is C32H33F4N4O5+. The smallest absolute Gasteiger partial charge is 0.336 e. The van der Waals surface area contributed by atoms with Crippen LogP contribution in [0.3, 0.4) is 0 Å². The van der Waals surface area contributed by atoms with Crippen molar-refractivity contribution in [3.8, 4) is 0 Å². The molecule has 2 aromatic carbocycles. The van der Waals surface area contributed by atoms with Gasteiger partial charge >= 0.3 is 17.7 Å². The Morgan fingerprint density at radius 1 is 1.00 bits per heavy atom. The van der Waals surface area contributed by atoms with Gasteiger partial charge in [0.2, 0.25) is 5.91 Å². The van der Waals surface area contributed by atoms with Crippen molar-refractivity contribution in [2.24, 2.45) is 0 Å². The molecule has 1 saturated heterocycles. The number of hydrogen-bond acceptors (Lipinski definition) is 5. The maximum Gasteiger partial charge on any atom is 0.498 e. The SMILES string of the molecule is Cc1c(C)c(=O)[nH][n+](OC(=O)C(F)(F)F)c1Cc1ccc(F)c(C(=O)N2CCN([C@@H]3CCCC[C@H]3c3ccccc3)C(=O)C2)c1. The summed E-state index contributed by atoms with van der Waals surface area (Å²) in [4.78, 5) is 58.5. The van der Waals surface area contributed by atoms with E-state index in [9.17, 15) is 32.3 Å². The van der Waals surface area contributed by atoms with Crippen LogP contribution in [0.25, 0.3) is 0 Å². The number of alkyl halides is 3. The molecule has 2 atom stereocenters. The van der Waals surface area contributed by atoms with E-state index in [0.29, 0.717) is 17.0 Å². The summed E-state index contributed by atoms with van der Waals surface area (Å²) in [5, 5.41) is 2.08. The Kier molecular flexibility index (Phi) is 9.08. The lowest BCUT2D eigenvalue weighted by Crippen LogP contribution is -2.58. The average Bonchev–Trinajstić information content (AvgIpc) is 3.02. The molecule has 2 amide bonds. The van der Waals surface area contributed by atoms with Gasteiger partial charge in [-0.2, -0.15) is 18.0 Å². The minimum Gasteiger partial charge on any atom is -0.336 e. The monoisotopic (exact) mass is 629 g/mol. The molecule has 2 aliphatic rings. The lowest BCUT2D eigenvalue weighted by molar-refractivity contribution is -0.921. The molecule has 1 saturated carbocycles. The Hall–Kier alpha value is -4.55. The molecule has 2 heterocycles. The Morgan fingerprint density at radius 3 is 2.40 bits per heavy atom. The van der Waals surface area contributed by atoms with Crippen LogP contribution in [0.1, 0.15) is 69.9 Å². The second kappa shape index (κ2) is 12.8. The number of hydrogen-bond donors (Lipinski definition) is 1. The van der Waals surface area contributed by atoms with Crippen molar-refractivity contribution in [1.82, 2.24) is 14.9 Å². The van der Waals surface area contributed by atoms with E-state index in [2.05, 4.69) is 22.1 Å². The first-order valence-corrected chi connectivity index (χ1v) is 14.7. The van der Waals surface area contributed by atoms with Crippen molar-refractivity contribution in [3.05, 3.63) is 98.2 Å². The van der Waals surface area contributed by atoms with Crippen molar-refractivity contribution in [2.75, 3.05) is 19.6 Å². The van der Waals surface area contributed by atoms with Crippen molar-refractivity contribution in [2.45, 2.75) is 64.1 Å². The van der Waals surface area contributed by atoms with E-state index in [1.807, 2.05) is 23.1 Å². The number of amides is 2. The van der Waals surface area contributed by atoms with Crippen LogP contribution in [-0.2, 0) is 16.0 Å². The zero-order chi connectivity index (χ0) is 32.5. The minimum atomic E-state index is -5.32. The Morgan fingerprint density at radius 2 is 1.71 bits per heavy atom. The molecule has 1 aliphatic heterocycles. The normalized spacial score (nSPS) is 19.0. The predicted octanol–water partition coefficient (Wildman–Crippen LogP) is 3.54. The summed E-state index contributed by atoms with van der Waals surface area (Å²) < 4.78 is 53.7. The van der Waals surface area contributed by atoms with Gasteiger partial charge in [0.1, 0.15) is 17.2 Å². The average molecular weight is 630 g/mol. The van der Waals surface area contributed by atoms with Gasteiger partial charge in [-0.15, -0.1) is 0 Å². The van der Waals surface area contributed by atoms with Gasteiger partial charge in [0, 0.05) is 36.2 Å². The number of carbonyl (C=O) groups is 3. The second-order valence-corrected chi connectivity index (χ2v) is 11.5. The van der Waals surface area contributed by atoms with E-state index in [1.54, 1.807) is 0 Å². The van der Waals surface area contributed by atoms with Crippen LogP contribution in [0.2, 0.25) is 0 Å². The number of nitrogens with zero attached hydrogens (tertiary/aromatic N) is 3. The van der Waals surface area contributed by atoms with Crippen LogP contribution in [0.4, 0.5) is 17.6 Å². The fourth-order valence-electron chi connectivity index (χ4n) is 6.19. The Labute approximate surface area is 256 Å². The van der Waals surface area contributed by atoms with Crippen LogP contribution in [-0.4, -0.2) is 64.5 Å². The van der Waals surface area contributed by atoms with E-state index in [1.165, 1.54) is 36.4 Å². The summed E-state index contributed by atoms with van der Waals surface area (Å²) >= 11 is 0. The van der Waals surface area contributed by atoms with Gasteiger partial charge in [-0.3, -0.25) is 14.4 Å². The third kappa shape index (κ3) is 6.76. The Balaban J connectivity index is 1.35. The predicted molar refractivity (Wildman–Crippen MR) is 153 cm³/mol. The highest BCUT2D eigenvalue weighted by Gasteiger charge is 2.46. The third-order valence-electron chi connectivity index (χ3n) is 8.72. The maximum atomic E-state index is 15.0. The molecule has 9 nitrogen and oxygen atoms in total. The fourth-order valence-corrected chi connectivity index (χ4v) is 6.19. The Bertz CT molecular complexity index is 1670. The molecule has 0 radical (unpaired) electrons. The summed E-state index contributed by atoms with van der Waals surface area (Å²) in [6, 6.07) is 13.7. The van der Waals surface area contributed by atoms with Gasteiger partial charge in [-0.1, -0.05) is 54.3 Å². The third-order valence-corrected chi connectivity index (χ3v) is 8.72. The van der Waals surface area contributed by atoms with Crippen molar-refractivity contribution < 1.29 is 41.6 Å². The topological polar surface area (TPSA) is 104 Å². The fraction of sp³-hybridized carbons (Fsp3) is 0.406. The lowest BCUT2D eigenvalue weighted by Gasteiger charge is -2.44. The molecule has 3 aromatic rings. The van der Waals surface area contributed by atoms with E-state index < -0.39 is 29.4 Å². The van der Waals surface area contributed by atoms with Crippen LogP contribution in [0.5, 0.6) is 0 Å². The molecule has 0 spiro atoms. The highest BCUT2D eigenvalue weighted by molar-refractivity contribution is 5.97. The molecule has 45 heavy (non-hydrogen) atoms. The molecule has 238 valence electrons. The largest absolute Gasteiger partial charge is 0.498 e. The van der Waals surface area contributed by atoms with Gasteiger partial charge in [-0.05, 0) is 49.9 Å². The summed E-state index contributed by atoms with van der Waals surface area (Å²) in [5.74, 6) is -4.10.